The molecule has 1 amide bonds. The van der Waals surface area contributed by atoms with Crippen LogP contribution in [-0.4, -0.2) is 37.6 Å². The van der Waals surface area contributed by atoms with Crippen molar-refractivity contribution < 1.29 is 4.79 Å². The van der Waals surface area contributed by atoms with Crippen LogP contribution in [0.5, 0.6) is 0 Å². The molecule has 3 aromatic heterocycles. The molecule has 1 N–H and O–H groups in total. The van der Waals surface area contributed by atoms with Crippen molar-refractivity contribution in [3.8, 4) is 0 Å². The minimum atomic E-state index is -0.162. The first-order chi connectivity index (χ1) is 13.8. The van der Waals surface area contributed by atoms with E-state index < -0.39 is 0 Å². The molecule has 0 bridgehead atoms. The highest BCUT2D eigenvalue weighted by atomic mass is 32.2. The Bertz CT molecular complexity index is 1090. The monoisotopic (exact) mass is 391 g/mol. The van der Waals surface area contributed by atoms with Gasteiger partial charge in [-0.3, -0.25) is 9.20 Å². The van der Waals surface area contributed by atoms with Crippen LogP contribution in [0.1, 0.15) is 21.9 Å². The molecule has 142 valence electrons. The van der Waals surface area contributed by atoms with Crippen LogP contribution in [0.2, 0.25) is 0 Å². The number of pyridine rings is 1. The van der Waals surface area contributed by atoms with Gasteiger partial charge < -0.3 is 9.88 Å². The molecule has 0 aliphatic rings. The van der Waals surface area contributed by atoms with E-state index in [0.29, 0.717) is 18.7 Å². The number of aromatic nitrogens is 4. The number of nitrogens with zero attached hydrogens (tertiary/aromatic N) is 4. The van der Waals surface area contributed by atoms with Gasteiger partial charge >= 0.3 is 0 Å². The third-order valence-corrected chi connectivity index (χ3v) is 5.20. The molecule has 0 fully saturated rings. The van der Waals surface area contributed by atoms with E-state index in [4.69, 9.17) is 0 Å². The zero-order chi connectivity index (χ0) is 19.3. The largest absolute Gasteiger partial charge is 0.350 e. The van der Waals surface area contributed by atoms with Gasteiger partial charge in [0.1, 0.15) is 5.82 Å². The normalized spacial score (nSPS) is 11.0. The Kier molecular flexibility index (Phi) is 5.43. The molecule has 0 radical (unpaired) electrons. The van der Waals surface area contributed by atoms with Crippen molar-refractivity contribution in [2.75, 3.05) is 12.8 Å². The summed E-state index contributed by atoms with van der Waals surface area (Å²) >= 11 is 1.52. The maximum absolute atomic E-state index is 12.7. The van der Waals surface area contributed by atoms with Gasteiger partial charge in [-0.25, -0.2) is 9.97 Å². The highest BCUT2D eigenvalue weighted by Gasteiger charge is 2.16. The van der Waals surface area contributed by atoms with E-state index in [1.165, 1.54) is 17.3 Å². The molecule has 4 rings (SSSR count). The van der Waals surface area contributed by atoms with Crippen LogP contribution in [0.4, 0.5) is 0 Å². The third-order valence-electron chi connectivity index (χ3n) is 4.55. The zero-order valence-electron chi connectivity index (χ0n) is 15.6. The molecular weight excluding hydrogens is 370 g/mol. The topological polar surface area (TPSA) is 64.2 Å². The summed E-state index contributed by atoms with van der Waals surface area (Å²) in [5, 5.41) is 3.79. The van der Waals surface area contributed by atoms with Crippen LogP contribution in [-0.2, 0) is 13.0 Å². The Morgan fingerprint density at radius 1 is 1.11 bits per heavy atom. The minimum absolute atomic E-state index is 0.162. The van der Waals surface area contributed by atoms with Gasteiger partial charge in [-0.05, 0) is 24.0 Å². The number of fused-ring (bicyclic) bond motifs is 1. The lowest BCUT2D eigenvalue weighted by atomic mass is 10.2. The second-order valence-corrected chi connectivity index (χ2v) is 7.14. The second-order valence-electron chi connectivity index (χ2n) is 6.37. The van der Waals surface area contributed by atoms with Gasteiger partial charge in [-0.15, -0.1) is 0 Å². The fraction of sp³-hybridized carbons (Fsp3) is 0.190. The Hall–Kier alpha value is -3.06. The van der Waals surface area contributed by atoms with Crippen molar-refractivity contribution >= 4 is 23.2 Å². The fourth-order valence-corrected chi connectivity index (χ4v) is 3.72. The summed E-state index contributed by atoms with van der Waals surface area (Å²) in [4.78, 5) is 21.6. The molecule has 0 atom stereocenters. The number of thioether (sulfide) groups is 1. The molecule has 4 aromatic rings. The van der Waals surface area contributed by atoms with Gasteiger partial charge in [0.2, 0.25) is 0 Å². The number of imidazole rings is 2. The van der Waals surface area contributed by atoms with E-state index in [2.05, 4.69) is 32.0 Å². The summed E-state index contributed by atoms with van der Waals surface area (Å²) in [6.07, 6.45) is 8.31. The highest BCUT2D eigenvalue weighted by Crippen LogP contribution is 2.19. The number of carbonyl (C=O) groups is 1. The average Bonchev–Trinajstić information content (AvgIpc) is 3.33. The predicted octanol–water partition coefficient (Wildman–Crippen LogP) is 3.27. The second kappa shape index (κ2) is 8.31. The van der Waals surface area contributed by atoms with Crippen molar-refractivity contribution in [1.29, 1.82) is 0 Å². The SMILES string of the molecule is CSc1nc(C(=O)NCCc2nccn2Cc2ccccc2)c2ccccn12. The van der Waals surface area contributed by atoms with E-state index in [-0.39, 0.29) is 5.91 Å². The molecule has 7 heteroatoms. The van der Waals surface area contributed by atoms with E-state index in [9.17, 15) is 4.79 Å². The first kappa shape index (κ1) is 18.3. The smallest absolute Gasteiger partial charge is 0.272 e. The number of amides is 1. The molecule has 0 saturated heterocycles. The summed E-state index contributed by atoms with van der Waals surface area (Å²) in [6, 6.07) is 16.0. The van der Waals surface area contributed by atoms with Gasteiger partial charge in [-0.1, -0.05) is 48.2 Å². The van der Waals surface area contributed by atoms with Gasteiger partial charge in [-0.2, -0.15) is 0 Å². The predicted molar refractivity (Wildman–Crippen MR) is 111 cm³/mol. The Morgan fingerprint density at radius 3 is 2.75 bits per heavy atom. The van der Waals surface area contributed by atoms with Gasteiger partial charge in [0.05, 0.1) is 5.52 Å². The molecule has 0 saturated carbocycles. The maximum atomic E-state index is 12.7. The first-order valence-corrected chi connectivity index (χ1v) is 10.3. The molecule has 0 unspecified atom stereocenters. The minimum Gasteiger partial charge on any atom is -0.350 e. The van der Waals surface area contributed by atoms with E-state index in [1.54, 1.807) is 6.20 Å². The van der Waals surface area contributed by atoms with Crippen molar-refractivity contribution in [3.63, 3.8) is 0 Å². The van der Waals surface area contributed by atoms with Crippen LogP contribution in [0.25, 0.3) is 5.52 Å². The number of rotatable bonds is 7. The zero-order valence-corrected chi connectivity index (χ0v) is 16.4. The third kappa shape index (κ3) is 3.80. The van der Waals surface area contributed by atoms with Gasteiger partial charge in [0, 0.05) is 38.1 Å². The lowest BCUT2D eigenvalue weighted by Crippen LogP contribution is -2.27. The van der Waals surface area contributed by atoms with Crippen LogP contribution >= 0.6 is 11.8 Å². The number of hydrogen-bond acceptors (Lipinski definition) is 4. The summed E-state index contributed by atoms with van der Waals surface area (Å²) in [7, 11) is 0. The molecule has 6 nitrogen and oxygen atoms in total. The number of nitrogens with one attached hydrogen (secondary N) is 1. The van der Waals surface area contributed by atoms with Crippen LogP contribution in [0, 0.1) is 0 Å². The molecule has 3 heterocycles. The Labute approximate surface area is 167 Å². The molecular formula is C21H21N5OS. The lowest BCUT2D eigenvalue weighted by molar-refractivity contribution is 0.0950. The summed E-state index contributed by atoms with van der Waals surface area (Å²) < 4.78 is 4.05. The van der Waals surface area contributed by atoms with Crippen LogP contribution < -0.4 is 5.32 Å². The summed E-state index contributed by atoms with van der Waals surface area (Å²) in [5.74, 6) is 0.786. The lowest BCUT2D eigenvalue weighted by Gasteiger charge is -2.08. The molecule has 0 spiro atoms. The number of benzene rings is 1. The van der Waals surface area contributed by atoms with E-state index in [1.807, 2.05) is 59.4 Å². The number of hydrogen-bond donors (Lipinski definition) is 1. The summed E-state index contributed by atoms with van der Waals surface area (Å²) in [5.41, 5.74) is 2.49. The van der Waals surface area contributed by atoms with Crippen LogP contribution in [0.15, 0.2) is 72.3 Å². The fourth-order valence-electron chi connectivity index (χ4n) is 3.18. The molecule has 0 aliphatic heterocycles. The highest BCUT2D eigenvalue weighted by molar-refractivity contribution is 7.98. The van der Waals surface area contributed by atoms with E-state index >= 15 is 0 Å². The van der Waals surface area contributed by atoms with Crippen LogP contribution in [0.3, 0.4) is 0 Å². The molecule has 28 heavy (non-hydrogen) atoms. The summed E-state index contributed by atoms with van der Waals surface area (Å²) in [6.45, 7) is 1.28. The van der Waals surface area contributed by atoms with Crippen molar-refractivity contribution in [2.45, 2.75) is 18.1 Å². The quantitative estimate of drug-likeness (QED) is 0.491. The molecule has 0 aliphatic carbocycles. The Balaban J connectivity index is 1.41. The molecule has 1 aromatic carbocycles. The van der Waals surface area contributed by atoms with Crippen molar-refractivity contribution in [2.24, 2.45) is 0 Å². The van der Waals surface area contributed by atoms with Crippen molar-refractivity contribution in [1.82, 2.24) is 24.3 Å². The van der Waals surface area contributed by atoms with Gasteiger partial charge in [0.25, 0.3) is 5.91 Å². The van der Waals surface area contributed by atoms with E-state index in [0.717, 1.165) is 23.0 Å². The van der Waals surface area contributed by atoms with Gasteiger partial charge in [0.15, 0.2) is 10.9 Å². The Morgan fingerprint density at radius 2 is 1.93 bits per heavy atom. The standard InChI is InChI=1S/C21H21N5OS/c1-28-21-24-19(17-9-5-6-13-26(17)21)20(27)23-11-10-18-22-12-14-25(18)15-16-7-3-2-4-8-16/h2-9,12-14H,10-11,15H2,1H3,(H,23,27). The average molecular weight is 392 g/mol. The number of carbonyl (C=O) groups excluding carboxylic acids is 1. The maximum Gasteiger partial charge on any atom is 0.272 e. The first-order valence-electron chi connectivity index (χ1n) is 9.09. The van der Waals surface area contributed by atoms with Crippen molar-refractivity contribution in [3.05, 3.63) is 84.2 Å².